The van der Waals surface area contributed by atoms with Crippen LogP contribution in [0.4, 0.5) is 0 Å². The predicted molar refractivity (Wildman–Crippen MR) is 79.8 cm³/mol. The second-order valence-corrected chi connectivity index (χ2v) is 5.17. The van der Waals surface area contributed by atoms with Crippen molar-refractivity contribution >= 4 is 21.8 Å². The zero-order valence-corrected chi connectivity index (χ0v) is 12.2. The van der Waals surface area contributed by atoms with Gasteiger partial charge in [-0.3, -0.25) is 4.79 Å². The Hall–Kier alpha value is -1.09. The van der Waals surface area contributed by atoms with Crippen LogP contribution in [0.15, 0.2) is 41.4 Å². The van der Waals surface area contributed by atoms with Crippen LogP contribution in [0, 0.1) is 0 Å². The van der Waals surface area contributed by atoms with Crippen LogP contribution >= 0.6 is 15.9 Å². The maximum atomic E-state index is 11.8. The van der Waals surface area contributed by atoms with Gasteiger partial charge in [0.1, 0.15) is 0 Å². The van der Waals surface area contributed by atoms with Crippen molar-refractivity contribution in [3.05, 3.63) is 47.0 Å². The van der Waals surface area contributed by atoms with Gasteiger partial charge in [0, 0.05) is 16.6 Å². The Labute approximate surface area is 118 Å². The lowest BCUT2D eigenvalue weighted by atomic mass is 10.1. The molecule has 0 spiro atoms. The first-order valence-corrected chi connectivity index (χ1v) is 7.18. The molecule has 1 aromatic carbocycles. The summed E-state index contributed by atoms with van der Waals surface area (Å²) >= 11 is 3.35. The molecule has 98 valence electrons. The number of carbonyl (C=O) groups is 1. The molecule has 0 atom stereocenters. The van der Waals surface area contributed by atoms with E-state index in [0.717, 1.165) is 30.3 Å². The monoisotopic (exact) mass is 309 g/mol. The molecule has 0 bridgehead atoms. The summed E-state index contributed by atoms with van der Waals surface area (Å²) in [7, 11) is 0. The lowest BCUT2D eigenvalue weighted by molar-refractivity contribution is 0.0953. The first-order chi connectivity index (χ1) is 8.74. The number of unbranched alkanes of at least 4 members (excludes halogenated alkanes) is 4. The number of benzene rings is 1. The number of amides is 1. The number of allylic oxidation sites excluding steroid dienone is 1. The molecule has 0 aromatic heterocycles. The standard InChI is InChI=1S/C15H20BrNO/c1-2-3-4-5-6-7-12-17-15(18)13-8-10-14(16)11-9-13/h2,8-11H,1,3-7,12H2,(H,17,18). The highest BCUT2D eigenvalue weighted by molar-refractivity contribution is 9.10. The van der Waals surface area contributed by atoms with Gasteiger partial charge < -0.3 is 5.32 Å². The zero-order chi connectivity index (χ0) is 13.2. The van der Waals surface area contributed by atoms with Crippen LogP contribution in [0.2, 0.25) is 0 Å². The highest BCUT2D eigenvalue weighted by atomic mass is 79.9. The van der Waals surface area contributed by atoms with Crippen molar-refractivity contribution in [2.45, 2.75) is 32.1 Å². The molecule has 0 saturated carbocycles. The largest absolute Gasteiger partial charge is 0.352 e. The van der Waals surface area contributed by atoms with Gasteiger partial charge in [-0.15, -0.1) is 6.58 Å². The molecule has 1 N–H and O–H groups in total. The van der Waals surface area contributed by atoms with Gasteiger partial charge in [-0.05, 0) is 43.5 Å². The molecular formula is C15H20BrNO. The summed E-state index contributed by atoms with van der Waals surface area (Å²) in [5.41, 5.74) is 0.713. The summed E-state index contributed by atoms with van der Waals surface area (Å²) in [4.78, 5) is 11.8. The fraction of sp³-hybridized carbons (Fsp3) is 0.400. The number of rotatable bonds is 8. The van der Waals surface area contributed by atoms with E-state index in [1.165, 1.54) is 12.8 Å². The fourth-order valence-electron chi connectivity index (χ4n) is 1.67. The SMILES string of the molecule is C=CCCCCCCNC(=O)c1ccc(Br)cc1. The van der Waals surface area contributed by atoms with E-state index in [0.29, 0.717) is 5.56 Å². The maximum absolute atomic E-state index is 11.8. The molecule has 0 aliphatic carbocycles. The van der Waals surface area contributed by atoms with Crippen LogP contribution in [-0.2, 0) is 0 Å². The van der Waals surface area contributed by atoms with E-state index in [1.807, 2.05) is 30.3 Å². The number of hydrogen-bond donors (Lipinski definition) is 1. The molecule has 0 radical (unpaired) electrons. The average Bonchev–Trinajstić information content (AvgIpc) is 2.38. The number of nitrogens with one attached hydrogen (secondary N) is 1. The molecule has 0 aliphatic heterocycles. The minimum atomic E-state index is 0.00796. The molecule has 1 amide bonds. The summed E-state index contributed by atoms with van der Waals surface area (Å²) < 4.78 is 0.987. The normalized spacial score (nSPS) is 10.1. The van der Waals surface area contributed by atoms with E-state index < -0.39 is 0 Å². The Balaban J connectivity index is 2.13. The molecule has 1 aromatic rings. The van der Waals surface area contributed by atoms with Crippen molar-refractivity contribution in [3.8, 4) is 0 Å². The number of hydrogen-bond acceptors (Lipinski definition) is 1. The molecule has 0 saturated heterocycles. The fourth-order valence-corrected chi connectivity index (χ4v) is 1.94. The minimum Gasteiger partial charge on any atom is -0.352 e. The molecule has 0 aliphatic rings. The van der Waals surface area contributed by atoms with Crippen molar-refractivity contribution in [2.75, 3.05) is 6.54 Å². The van der Waals surface area contributed by atoms with Gasteiger partial charge in [0.15, 0.2) is 0 Å². The first-order valence-electron chi connectivity index (χ1n) is 6.38. The Morgan fingerprint density at radius 1 is 1.17 bits per heavy atom. The first kappa shape index (κ1) is 15.0. The van der Waals surface area contributed by atoms with Crippen LogP contribution in [-0.4, -0.2) is 12.5 Å². The van der Waals surface area contributed by atoms with Gasteiger partial charge in [0.2, 0.25) is 0 Å². The molecular weight excluding hydrogens is 290 g/mol. The Morgan fingerprint density at radius 3 is 2.50 bits per heavy atom. The number of halogens is 1. The maximum Gasteiger partial charge on any atom is 0.251 e. The van der Waals surface area contributed by atoms with Crippen molar-refractivity contribution in [1.29, 1.82) is 0 Å². The van der Waals surface area contributed by atoms with Crippen molar-refractivity contribution in [2.24, 2.45) is 0 Å². The van der Waals surface area contributed by atoms with Crippen LogP contribution in [0.5, 0.6) is 0 Å². The zero-order valence-electron chi connectivity index (χ0n) is 10.6. The third-order valence-electron chi connectivity index (χ3n) is 2.73. The second-order valence-electron chi connectivity index (χ2n) is 4.25. The van der Waals surface area contributed by atoms with E-state index in [2.05, 4.69) is 27.8 Å². The summed E-state index contributed by atoms with van der Waals surface area (Å²) in [5, 5.41) is 2.93. The second kappa shape index (κ2) is 8.92. The van der Waals surface area contributed by atoms with Crippen LogP contribution in [0.25, 0.3) is 0 Å². The van der Waals surface area contributed by atoms with E-state index >= 15 is 0 Å². The van der Waals surface area contributed by atoms with Gasteiger partial charge in [0.25, 0.3) is 5.91 Å². The number of carbonyl (C=O) groups excluding carboxylic acids is 1. The molecule has 0 unspecified atom stereocenters. The van der Waals surface area contributed by atoms with Gasteiger partial charge in [-0.25, -0.2) is 0 Å². The lowest BCUT2D eigenvalue weighted by Crippen LogP contribution is -2.24. The van der Waals surface area contributed by atoms with Crippen molar-refractivity contribution in [1.82, 2.24) is 5.32 Å². The van der Waals surface area contributed by atoms with E-state index in [1.54, 1.807) is 0 Å². The van der Waals surface area contributed by atoms with Crippen LogP contribution < -0.4 is 5.32 Å². The highest BCUT2D eigenvalue weighted by Gasteiger charge is 2.03. The van der Waals surface area contributed by atoms with E-state index in [9.17, 15) is 4.79 Å². The molecule has 18 heavy (non-hydrogen) atoms. The minimum absolute atomic E-state index is 0.00796. The van der Waals surface area contributed by atoms with Crippen molar-refractivity contribution < 1.29 is 4.79 Å². The molecule has 1 rings (SSSR count). The van der Waals surface area contributed by atoms with Gasteiger partial charge in [0.05, 0.1) is 0 Å². The van der Waals surface area contributed by atoms with Crippen molar-refractivity contribution in [3.63, 3.8) is 0 Å². The van der Waals surface area contributed by atoms with Crippen LogP contribution in [0.1, 0.15) is 42.5 Å². The third-order valence-corrected chi connectivity index (χ3v) is 3.26. The summed E-state index contributed by atoms with van der Waals surface area (Å²) in [6.07, 6.45) is 7.65. The lowest BCUT2D eigenvalue weighted by Gasteiger charge is -2.05. The van der Waals surface area contributed by atoms with E-state index in [4.69, 9.17) is 0 Å². The predicted octanol–water partition coefficient (Wildman–Crippen LogP) is 4.32. The molecule has 2 nitrogen and oxygen atoms in total. The smallest absolute Gasteiger partial charge is 0.251 e. The highest BCUT2D eigenvalue weighted by Crippen LogP contribution is 2.10. The van der Waals surface area contributed by atoms with E-state index in [-0.39, 0.29) is 5.91 Å². The Bertz CT molecular complexity index is 373. The summed E-state index contributed by atoms with van der Waals surface area (Å²) in [6, 6.07) is 7.40. The van der Waals surface area contributed by atoms with Crippen LogP contribution in [0.3, 0.4) is 0 Å². The van der Waals surface area contributed by atoms with Gasteiger partial charge >= 0.3 is 0 Å². The topological polar surface area (TPSA) is 29.1 Å². The van der Waals surface area contributed by atoms with Gasteiger partial charge in [-0.1, -0.05) is 34.8 Å². The van der Waals surface area contributed by atoms with Gasteiger partial charge in [-0.2, -0.15) is 0 Å². The third kappa shape index (κ3) is 6.01. The Morgan fingerprint density at radius 2 is 1.83 bits per heavy atom. The average molecular weight is 310 g/mol. The Kier molecular flexibility index (Phi) is 7.42. The molecule has 0 heterocycles. The molecule has 3 heteroatoms. The molecule has 0 fully saturated rings. The quantitative estimate of drug-likeness (QED) is 0.562. The summed E-state index contributed by atoms with van der Waals surface area (Å²) in [5.74, 6) is 0.00796. The summed E-state index contributed by atoms with van der Waals surface area (Å²) in [6.45, 7) is 4.45.